The van der Waals surface area contributed by atoms with Gasteiger partial charge in [-0.3, -0.25) is 4.79 Å². The standard InChI is InChI=1S/C13H9BrFNO3/c1-2-7-5-10(17)16(6-7)12-9(15)4-3-8(14)11(12)13(18)19/h1,3-4,7H,5-6H2,(H,18,19). The fraction of sp³-hybridized carbons (Fsp3) is 0.231. The molecule has 1 aromatic rings. The summed E-state index contributed by atoms with van der Waals surface area (Å²) in [7, 11) is 0. The number of halogens is 2. The third-order valence-electron chi connectivity index (χ3n) is 2.92. The van der Waals surface area contributed by atoms with Crippen LogP contribution in [0.25, 0.3) is 0 Å². The molecule has 1 amide bonds. The molecular weight excluding hydrogens is 317 g/mol. The minimum atomic E-state index is -1.31. The van der Waals surface area contributed by atoms with Crippen molar-refractivity contribution in [3.05, 3.63) is 28.0 Å². The van der Waals surface area contributed by atoms with E-state index in [2.05, 4.69) is 21.9 Å². The van der Waals surface area contributed by atoms with E-state index >= 15 is 0 Å². The van der Waals surface area contributed by atoms with Gasteiger partial charge in [0.25, 0.3) is 0 Å². The van der Waals surface area contributed by atoms with Crippen LogP contribution in [-0.2, 0) is 4.79 Å². The maximum Gasteiger partial charge on any atom is 0.339 e. The number of terminal acetylenes is 1. The zero-order valence-electron chi connectivity index (χ0n) is 9.69. The van der Waals surface area contributed by atoms with Crippen LogP contribution >= 0.6 is 15.9 Å². The number of carboxylic acids is 1. The van der Waals surface area contributed by atoms with Crippen molar-refractivity contribution in [3.63, 3.8) is 0 Å². The van der Waals surface area contributed by atoms with Crippen molar-refractivity contribution in [1.29, 1.82) is 0 Å². The van der Waals surface area contributed by atoms with Gasteiger partial charge in [-0.05, 0) is 28.1 Å². The topological polar surface area (TPSA) is 57.6 Å². The lowest BCUT2D eigenvalue weighted by molar-refractivity contribution is -0.117. The van der Waals surface area contributed by atoms with Crippen LogP contribution in [0.4, 0.5) is 10.1 Å². The first-order chi connectivity index (χ1) is 8.95. The van der Waals surface area contributed by atoms with Gasteiger partial charge in [0, 0.05) is 23.4 Å². The normalized spacial score (nSPS) is 18.5. The van der Waals surface area contributed by atoms with E-state index in [0.717, 1.165) is 11.0 Å². The highest BCUT2D eigenvalue weighted by atomic mass is 79.9. The van der Waals surface area contributed by atoms with E-state index in [1.54, 1.807) is 0 Å². The molecule has 0 saturated carbocycles. The Hall–Kier alpha value is -1.87. The molecule has 98 valence electrons. The Bertz CT molecular complexity index is 609. The number of carboxylic acid groups (broad SMARTS) is 1. The Morgan fingerprint density at radius 2 is 2.26 bits per heavy atom. The van der Waals surface area contributed by atoms with E-state index < -0.39 is 11.8 Å². The van der Waals surface area contributed by atoms with Gasteiger partial charge in [0.05, 0.1) is 5.69 Å². The molecule has 0 radical (unpaired) electrons. The minimum absolute atomic E-state index is 0.0987. The van der Waals surface area contributed by atoms with Gasteiger partial charge in [-0.1, -0.05) is 0 Å². The molecule has 2 rings (SSSR count). The predicted octanol–water partition coefficient (Wildman–Crippen LogP) is 2.27. The van der Waals surface area contributed by atoms with E-state index in [9.17, 15) is 14.0 Å². The van der Waals surface area contributed by atoms with E-state index in [1.807, 2.05) is 0 Å². The third kappa shape index (κ3) is 2.34. The first-order valence-electron chi connectivity index (χ1n) is 5.43. The highest BCUT2D eigenvalue weighted by molar-refractivity contribution is 9.10. The first-order valence-corrected chi connectivity index (χ1v) is 6.22. The molecule has 19 heavy (non-hydrogen) atoms. The molecule has 6 heteroatoms. The minimum Gasteiger partial charge on any atom is -0.478 e. The van der Waals surface area contributed by atoms with Crippen molar-refractivity contribution in [2.75, 3.05) is 11.4 Å². The van der Waals surface area contributed by atoms with Gasteiger partial charge in [-0.2, -0.15) is 0 Å². The molecule has 0 aromatic heterocycles. The summed E-state index contributed by atoms with van der Waals surface area (Å²) in [6, 6.07) is 2.41. The second kappa shape index (κ2) is 5.02. The quantitative estimate of drug-likeness (QED) is 0.849. The van der Waals surface area contributed by atoms with Gasteiger partial charge in [0.15, 0.2) is 0 Å². The summed E-state index contributed by atoms with van der Waals surface area (Å²) in [5, 5.41) is 9.17. The van der Waals surface area contributed by atoms with Crippen LogP contribution in [-0.4, -0.2) is 23.5 Å². The molecule has 1 atom stereocenters. The SMILES string of the molecule is C#CC1CC(=O)N(c2c(F)ccc(Br)c2C(=O)O)C1. The van der Waals surface area contributed by atoms with Crippen molar-refractivity contribution in [3.8, 4) is 12.3 Å². The van der Waals surface area contributed by atoms with E-state index in [0.29, 0.717) is 0 Å². The number of carbonyl (C=O) groups excluding carboxylic acids is 1. The zero-order chi connectivity index (χ0) is 14.2. The fourth-order valence-corrected chi connectivity index (χ4v) is 2.53. The van der Waals surface area contributed by atoms with Crippen molar-refractivity contribution >= 4 is 33.5 Å². The molecule has 1 aliphatic rings. The molecule has 1 heterocycles. The smallest absolute Gasteiger partial charge is 0.339 e. The number of hydrogen-bond donors (Lipinski definition) is 1. The summed E-state index contributed by atoms with van der Waals surface area (Å²) in [5.41, 5.74) is -0.504. The lowest BCUT2D eigenvalue weighted by Crippen LogP contribution is -2.27. The second-order valence-corrected chi connectivity index (χ2v) is 4.98. The van der Waals surface area contributed by atoms with E-state index in [1.165, 1.54) is 6.07 Å². The lowest BCUT2D eigenvalue weighted by atomic mass is 10.1. The van der Waals surface area contributed by atoms with Crippen molar-refractivity contribution in [1.82, 2.24) is 0 Å². The number of carbonyl (C=O) groups is 2. The molecular formula is C13H9BrFNO3. The summed E-state index contributed by atoms with van der Waals surface area (Å²) in [6.07, 6.45) is 5.35. The third-order valence-corrected chi connectivity index (χ3v) is 3.58. The Balaban J connectivity index is 2.57. The van der Waals surface area contributed by atoms with E-state index in [4.69, 9.17) is 11.5 Å². The van der Waals surface area contributed by atoms with Gasteiger partial charge in [-0.15, -0.1) is 12.3 Å². The molecule has 1 N–H and O–H groups in total. The molecule has 4 nitrogen and oxygen atoms in total. The van der Waals surface area contributed by atoms with Crippen molar-refractivity contribution in [2.24, 2.45) is 5.92 Å². The van der Waals surface area contributed by atoms with Crippen molar-refractivity contribution < 1.29 is 19.1 Å². The summed E-state index contributed by atoms with van der Waals surface area (Å²) >= 11 is 3.06. The van der Waals surface area contributed by atoms with Crippen LogP contribution in [0, 0.1) is 24.1 Å². The Kier molecular flexibility index (Phi) is 3.58. The molecule has 1 aromatic carbocycles. The van der Waals surface area contributed by atoms with Gasteiger partial charge in [-0.25, -0.2) is 9.18 Å². The summed E-state index contributed by atoms with van der Waals surface area (Å²) in [6.45, 7) is 0.128. The molecule has 1 aliphatic heterocycles. The molecule has 1 fully saturated rings. The maximum absolute atomic E-state index is 13.9. The summed E-state index contributed by atoms with van der Waals surface area (Å²) in [4.78, 5) is 24.2. The number of rotatable bonds is 2. The number of nitrogens with zero attached hydrogens (tertiary/aromatic N) is 1. The van der Waals surface area contributed by atoms with Gasteiger partial charge in [0.1, 0.15) is 11.4 Å². The Morgan fingerprint density at radius 1 is 1.58 bits per heavy atom. The van der Waals surface area contributed by atoms with Gasteiger partial charge in [0.2, 0.25) is 5.91 Å². The average Bonchev–Trinajstić information content (AvgIpc) is 2.72. The highest BCUT2D eigenvalue weighted by Gasteiger charge is 2.34. The largest absolute Gasteiger partial charge is 0.478 e. The van der Waals surface area contributed by atoms with Crippen LogP contribution in [0.1, 0.15) is 16.8 Å². The van der Waals surface area contributed by atoms with Gasteiger partial charge >= 0.3 is 5.97 Å². The number of benzene rings is 1. The van der Waals surface area contributed by atoms with Crippen molar-refractivity contribution in [2.45, 2.75) is 6.42 Å². The zero-order valence-corrected chi connectivity index (χ0v) is 11.3. The molecule has 0 spiro atoms. The van der Waals surface area contributed by atoms with Crippen LogP contribution in [0.2, 0.25) is 0 Å². The van der Waals surface area contributed by atoms with Crippen LogP contribution in [0.15, 0.2) is 16.6 Å². The Labute approximate surface area is 117 Å². The first kappa shape index (κ1) is 13.6. The number of anilines is 1. The molecule has 1 saturated heterocycles. The number of amides is 1. The molecule has 0 aliphatic carbocycles. The average molecular weight is 326 g/mol. The predicted molar refractivity (Wildman–Crippen MR) is 70.4 cm³/mol. The number of aromatic carboxylic acids is 1. The van der Waals surface area contributed by atoms with Gasteiger partial charge < -0.3 is 10.0 Å². The summed E-state index contributed by atoms with van der Waals surface area (Å²) in [5.74, 6) is -0.331. The maximum atomic E-state index is 13.9. The van der Waals surface area contributed by atoms with Crippen LogP contribution in [0.5, 0.6) is 0 Å². The van der Waals surface area contributed by atoms with Crippen LogP contribution in [0.3, 0.4) is 0 Å². The monoisotopic (exact) mass is 325 g/mol. The van der Waals surface area contributed by atoms with Crippen LogP contribution < -0.4 is 4.90 Å². The lowest BCUT2D eigenvalue weighted by Gasteiger charge is -2.19. The summed E-state index contributed by atoms with van der Waals surface area (Å²) < 4.78 is 14.1. The highest BCUT2D eigenvalue weighted by Crippen LogP contribution is 2.34. The molecule has 1 unspecified atom stereocenters. The van der Waals surface area contributed by atoms with E-state index in [-0.39, 0.29) is 40.5 Å². The Morgan fingerprint density at radius 3 is 2.79 bits per heavy atom. The fourth-order valence-electron chi connectivity index (χ4n) is 2.04. The number of hydrogen-bond acceptors (Lipinski definition) is 2. The molecule has 0 bridgehead atoms. The second-order valence-electron chi connectivity index (χ2n) is 4.13.